The molecule has 8 rings (SSSR count). The number of aliphatic hydroxyl groups is 4. The quantitative estimate of drug-likeness (QED) is 0.0495. The first-order valence-corrected chi connectivity index (χ1v) is 22.1. The second-order valence-corrected chi connectivity index (χ2v) is 16.1. The molecule has 2 aromatic carbocycles. The van der Waals surface area contributed by atoms with Gasteiger partial charge in [-0.1, -0.05) is 12.1 Å². The van der Waals surface area contributed by atoms with Gasteiger partial charge in [0, 0.05) is 36.8 Å². The van der Waals surface area contributed by atoms with Gasteiger partial charge in [0.2, 0.25) is 17.8 Å². The fraction of sp³-hybridized carbons (Fsp3) is 0.348. The third kappa shape index (κ3) is 12.4. The number of halogens is 2. The Morgan fingerprint density at radius 1 is 0.662 bits per heavy atom. The Hall–Kier alpha value is -7.68. The Balaban J connectivity index is 0.000000209. The molecule has 6 heterocycles. The van der Waals surface area contributed by atoms with Crippen LogP contribution in [-0.4, -0.2) is 125 Å². The van der Waals surface area contributed by atoms with Crippen molar-refractivity contribution in [2.75, 3.05) is 57.8 Å². The summed E-state index contributed by atoms with van der Waals surface area (Å²) in [5.74, 6) is 0.620. The van der Waals surface area contributed by atoms with Crippen LogP contribution in [0.4, 0.5) is 26.5 Å². The largest absolute Gasteiger partial charge is 0.480 e. The number of aryl methyl sites for hydroxylation is 2. The first kappa shape index (κ1) is 51.2. The number of nitrogens with one attached hydrogen (secondary N) is 2. The van der Waals surface area contributed by atoms with Crippen molar-refractivity contribution in [1.29, 1.82) is 0 Å². The molecule has 0 fully saturated rings. The number of hydrogen-bond acceptors (Lipinski definition) is 23. The van der Waals surface area contributed by atoms with Gasteiger partial charge in [-0.25, -0.2) is 54.6 Å². The van der Waals surface area contributed by atoms with Crippen molar-refractivity contribution in [2.45, 2.75) is 63.8 Å². The van der Waals surface area contributed by atoms with Crippen molar-refractivity contribution in [3.8, 4) is 34.3 Å². The number of fused-ring (bicyclic) bond motifs is 2. The number of nitrogens with two attached hydrogens (primary N) is 3. The molecule has 0 radical (unpaired) electrons. The first-order chi connectivity index (χ1) is 34.2. The number of nitrogens with zero attached hydrogens (tertiary/aromatic N) is 10. The lowest BCUT2D eigenvalue weighted by atomic mass is 9.91. The zero-order valence-corrected chi connectivity index (χ0v) is 39.0. The van der Waals surface area contributed by atoms with Crippen molar-refractivity contribution >= 4 is 29.4 Å². The number of ether oxygens (including phenoxy) is 2. The normalized spacial score (nSPS) is 15.7. The maximum atomic E-state index is 14.3. The van der Waals surface area contributed by atoms with E-state index in [1.807, 2.05) is 0 Å². The summed E-state index contributed by atoms with van der Waals surface area (Å²) in [6.45, 7) is 3.08. The number of aromatic nitrogens is 8. The Kier molecular flexibility index (Phi) is 16.8. The Morgan fingerprint density at radius 2 is 1.15 bits per heavy atom. The molecule has 4 atom stereocenters. The predicted octanol–water partition coefficient (Wildman–Crippen LogP) is 2.14. The summed E-state index contributed by atoms with van der Waals surface area (Å²) < 4.78 is 39.0. The molecule has 12 N–H and O–H groups in total. The summed E-state index contributed by atoms with van der Waals surface area (Å²) in [6, 6.07) is 7.71. The number of methoxy groups -OCH3 is 2. The molecule has 0 spiro atoms. The van der Waals surface area contributed by atoms with Crippen LogP contribution in [0.25, 0.3) is 22.5 Å². The van der Waals surface area contributed by atoms with Crippen molar-refractivity contribution in [3.05, 3.63) is 112 Å². The third-order valence-corrected chi connectivity index (χ3v) is 11.1. The van der Waals surface area contributed by atoms with E-state index in [0.717, 1.165) is 0 Å². The fourth-order valence-corrected chi connectivity index (χ4v) is 7.77. The van der Waals surface area contributed by atoms with E-state index in [9.17, 15) is 19.0 Å². The predicted molar refractivity (Wildman–Crippen MR) is 254 cm³/mol. The maximum Gasteiger partial charge on any atom is 0.257 e. The second-order valence-electron chi connectivity index (χ2n) is 16.1. The lowest BCUT2D eigenvalue weighted by Crippen LogP contribution is -2.33. The van der Waals surface area contributed by atoms with Gasteiger partial charge in [-0.3, -0.25) is 24.6 Å². The highest BCUT2D eigenvalue weighted by Gasteiger charge is 2.31. The highest BCUT2D eigenvalue weighted by atomic mass is 19.1. The minimum absolute atomic E-state index is 0.109. The maximum absolute atomic E-state index is 14.3. The van der Waals surface area contributed by atoms with Gasteiger partial charge in [-0.15, -0.1) is 0 Å². The molecule has 0 bridgehead atoms. The monoisotopic (exact) mass is 981 g/mol. The topological polar surface area (TPSA) is 348 Å². The molecule has 374 valence electrons. The number of hydrogen-bond donors (Lipinski definition) is 9. The number of aliphatic hydroxyl groups excluding tert-OH is 4. The van der Waals surface area contributed by atoms with E-state index in [0.29, 0.717) is 97.9 Å². The van der Waals surface area contributed by atoms with Gasteiger partial charge in [0.15, 0.2) is 17.5 Å². The van der Waals surface area contributed by atoms with Gasteiger partial charge < -0.3 is 47.1 Å². The zero-order valence-electron chi connectivity index (χ0n) is 39.0. The molecule has 0 saturated carbocycles. The van der Waals surface area contributed by atoms with Crippen LogP contribution in [0.15, 0.2) is 65.0 Å². The van der Waals surface area contributed by atoms with Crippen molar-refractivity contribution < 1.29 is 48.4 Å². The van der Waals surface area contributed by atoms with Gasteiger partial charge >= 0.3 is 0 Å². The van der Waals surface area contributed by atoms with E-state index in [1.165, 1.54) is 57.1 Å². The number of benzene rings is 2. The molecule has 0 aliphatic carbocycles. The molecule has 6 aromatic rings. The second kappa shape index (κ2) is 23.3. The van der Waals surface area contributed by atoms with E-state index >= 15 is 0 Å². The van der Waals surface area contributed by atoms with E-state index in [-0.39, 0.29) is 62.9 Å². The lowest BCUT2D eigenvalue weighted by molar-refractivity contribution is 0.0286. The fourth-order valence-electron chi connectivity index (χ4n) is 7.77. The highest BCUT2D eigenvalue weighted by Crippen LogP contribution is 2.38. The Bertz CT molecular complexity index is 2920. The lowest BCUT2D eigenvalue weighted by Gasteiger charge is -2.26. The first-order valence-electron chi connectivity index (χ1n) is 22.1. The molecule has 2 aliphatic rings. The minimum Gasteiger partial charge on any atom is -0.480 e. The molecule has 2 unspecified atom stereocenters. The summed E-state index contributed by atoms with van der Waals surface area (Å²) in [7, 11) is 2.90. The molecule has 2 aliphatic heterocycles. The van der Waals surface area contributed by atoms with Crippen LogP contribution in [0.5, 0.6) is 11.8 Å². The van der Waals surface area contributed by atoms with Crippen LogP contribution in [0.2, 0.25) is 0 Å². The molecule has 0 saturated heterocycles. The standard InChI is InChI=1S/C23H27FN8O4.C23H26FN7O4/c1-11-19-17(31-23(26)28-11)8-16(29-21(19)32-36-6-5-13(34)10-33)14-4-3-12(24)7-15(14)18-9-27-20(25)22(30-18)35-2;1-12-21-18(30-23(25)27-12)8-17(29-22(21)31-35-6-5-14(33)11-32)15-4-3-13(24)7-16(15)19-9-26-10-20(28-19)34-2/h3-4,7,9,13,16,33-34H,5-6,8,10H2,1-2H3,(H2,25,27)(H,29,32)(H2,26,28,31);3-4,7,9-10,14,17,32-33H,5-6,8,11H2,1-2H3,(H,29,31)(H2,25,27,30)/t13?,16-;14?,17-/m11/s1. The zero-order chi connectivity index (χ0) is 50.8. The van der Waals surface area contributed by atoms with Gasteiger partial charge in [-0.2, -0.15) is 0 Å². The molecule has 71 heavy (non-hydrogen) atoms. The SMILES string of the molecule is COc1cncc(-c2cc(F)ccc2[C@H]2Cc3nc(N)nc(C)c3C(NOCCC(O)CO)=N2)n1.COc1nc(-c2cc(F)ccc2[C@H]2Cc3nc(N)nc(C)c3C(NOCCC(O)CO)=N2)cnc1N. The molecule has 23 nitrogen and oxygen atoms in total. The number of aliphatic imine (C=N–C) groups is 2. The number of amidine groups is 2. The Morgan fingerprint density at radius 3 is 1.62 bits per heavy atom. The summed E-state index contributed by atoms with van der Waals surface area (Å²) in [4.78, 5) is 55.0. The number of anilines is 3. The van der Waals surface area contributed by atoms with Gasteiger partial charge in [0.25, 0.3) is 5.88 Å². The van der Waals surface area contributed by atoms with Crippen LogP contribution in [-0.2, 0) is 22.5 Å². The van der Waals surface area contributed by atoms with Crippen LogP contribution in [0, 0.1) is 25.5 Å². The van der Waals surface area contributed by atoms with Crippen molar-refractivity contribution in [3.63, 3.8) is 0 Å². The molecular formula is C46H53F2N15O8. The summed E-state index contributed by atoms with van der Waals surface area (Å²) >= 11 is 0. The number of nitrogen functional groups attached to an aromatic ring is 3. The molecule has 4 aromatic heterocycles. The van der Waals surface area contributed by atoms with Gasteiger partial charge in [-0.05, 0) is 49.2 Å². The summed E-state index contributed by atoms with van der Waals surface area (Å²) in [6.07, 6.45) is 3.82. The van der Waals surface area contributed by atoms with Gasteiger partial charge in [0.05, 0.1) is 129 Å². The van der Waals surface area contributed by atoms with Crippen LogP contribution in [0.3, 0.4) is 0 Å². The summed E-state index contributed by atoms with van der Waals surface area (Å²) in [5.41, 5.74) is 30.2. The smallest absolute Gasteiger partial charge is 0.257 e. The summed E-state index contributed by atoms with van der Waals surface area (Å²) in [5, 5.41) is 37.1. The molecular weight excluding hydrogens is 929 g/mol. The molecule has 0 amide bonds. The van der Waals surface area contributed by atoms with Crippen LogP contribution >= 0.6 is 0 Å². The minimum atomic E-state index is -0.898. The van der Waals surface area contributed by atoms with E-state index < -0.39 is 35.9 Å². The van der Waals surface area contributed by atoms with E-state index in [4.69, 9.17) is 56.5 Å². The van der Waals surface area contributed by atoms with E-state index in [1.54, 1.807) is 26.0 Å². The van der Waals surface area contributed by atoms with Crippen LogP contribution in [0.1, 0.15) is 70.0 Å². The van der Waals surface area contributed by atoms with Crippen molar-refractivity contribution in [1.82, 2.24) is 50.8 Å². The van der Waals surface area contributed by atoms with Crippen LogP contribution < -0.4 is 37.6 Å². The number of hydroxylamine groups is 2. The molecule has 25 heteroatoms. The third-order valence-electron chi connectivity index (χ3n) is 11.1. The van der Waals surface area contributed by atoms with Gasteiger partial charge in [0.1, 0.15) is 11.6 Å². The average Bonchev–Trinajstić information content (AvgIpc) is 3.35. The Labute approximate surface area is 405 Å². The average molecular weight is 982 g/mol. The van der Waals surface area contributed by atoms with Crippen molar-refractivity contribution in [2.24, 2.45) is 9.98 Å². The highest BCUT2D eigenvalue weighted by molar-refractivity contribution is 6.02. The number of rotatable bonds is 16. The van der Waals surface area contributed by atoms with E-state index in [2.05, 4.69) is 50.8 Å².